The number of aryl methyl sites for hydroxylation is 2. The zero-order chi connectivity index (χ0) is 24.2. The van der Waals surface area contributed by atoms with Gasteiger partial charge in [-0.25, -0.2) is 10.2 Å². The number of H-pyrrole nitrogens is 1. The molecule has 0 bridgehead atoms. The number of rotatable bonds is 8. The smallest absolute Gasteiger partial charge is 0.329 e. The quantitative estimate of drug-likeness (QED) is 0.261. The number of imidazole rings is 1. The van der Waals surface area contributed by atoms with E-state index in [4.69, 9.17) is 16.3 Å². The molecule has 0 saturated carbocycles. The molecule has 0 saturated heterocycles. The number of anilines is 1. The Hall–Kier alpha value is -3.89. The maximum Gasteiger partial charge on any atom is 0.329 e. The van der Waals surface area contributed by atoms with E-state index in [1.54, 1.807) is 30.5 Å². The van der Waals surface area contributed by atoms with Crippen LogP contribution in [0.4, 0.5) is 5.95 Å². The van der Waals surface area contributed by atoms with Gasteiger partial charge in [0.2, 0.25) is 5.95 Å². The Morgan fingerprint density at radius 3 is 2.71 bits per heavy atom. The van der Waals surface area contributed by atoms with Gasteiger partial charge in [-0.15, -0.1) is 0 Å². The van der Waals surface area contributed by atoms with E-state index < -0.39 is 17.4 Å². The molecule has 1 atom stereocenters. The summed E-state index contributed by atoms with van der Waals surface area (Å²) in [6.45, 7) is 1.87. The zero-order valence-corrected chi connectivity index (χ0v) is 19.3. The van der Waals surface area contributed by atoms with E-state index in [-0.39, 0.29) is 30.3 Å². The number of aromatic nitrogens is 4. The van der Waals surface area contributed by atoms with Crippen LogP contribution in [-0.2, 0) is 13.6 Å². The third kappa shape index (κ3) is 5.03. The lowest BCUT2D eigenvalue weighted by Gasteiger charge is -2.16. The Labute approximate surface area is 199 Å². The van der Waals surface area contributed by atoms with Crippen LogP contribution in [0.5, 0.6) is 5.75 Å². The lowest BCUT2D eigenvalue weighted by atomic mass is 10.2. The molecule has 11 heteroatoms. The first-order chi connectivity index (χ1) is 16.3. The topological polar surface area (TPSA) is 127 Å². The number of hydrogen-bond donors (Lipinski definition) is 3. The third-order valence-corrected chi connectivity index (χ3v) is 5.43. The summed E-state index contributed by atoms with van der Waals surface area (Å²) in [5, 5.41) is 15.5. The van der Waals surface area contributed by atoms with Gasteiger partial charge in [0.15, 0.2) is 11.2 Å². The number of nitrogens with one attached hydrogen (secondary N) is 2. The van der Waals surface area contributed by atoms with Crippen LogP contribution in [0.15, 0.2) is 63.2 Å². The van der Waals surface area contributed by atoms with Crippen molar-refractivity contribution in [3.63, 3.8) is 0 Å². The number of benzene rings is 2. The molecule has 2 heterocycles. The summed E-state index contributed by atoms with van der Waals surface area (Å²) in [4.78, 5) is 31.3. The number of fused-ring (bicyclic) bond motifs is 1. The van der Waals surface area contributed by atoms with Crippen LogP contribution in [0.2, 0.25) is 5.02 Å². The minimum atomic E-state index is -0.977. The lowest BCUT2D eigenvalue weighted by Crippen LogP contribution is -2.30. The van der Waals surface area contributed by atoms with Gasteiger partial charge >= 0.3 is 5.69 Å². The van der Waals surface area contributed by atoms with Crippen molar-refractivity contribution in [1.29, 1.82) is 0 Å². The molecule has 10 nitrogen and oxygen atoms in total. The average molecular weight is 483 g/mol. The summed E-state index contributed by atoms with van der Waals surface area (Å²) in [6, 6.07) is 14.5. The van der Waals surface area contributed by atoms with E-state index in [0.717, 1.165) is 11.1 Å². The lowest BCUT2D eigenvalue weighted by molar-refractivity contribution is 0.0935. The summed E-state index contributed by atoms with van der Waals surface area (Å²) in [7, 11) is 1.50. The Morgan fingerprint density at radius 1 is 1.24 bits per heavy atom. The van der Waals surface area contributed by atoms with Crippen molar-refractivity contribution in [2.24, 2.45) is 12.1 Å². The first-order valence-electron chi connectivity index (χ1n) is 10.4. The predicted molar refractivity (Wildman–Crippen MR) is 131 cm³/mol. The fourth-order valence-electron chi connectivity index (χ4n) is 3.38. The molecule has 0 aliphatic heterocycles. The van der Waals surface area contributed by atoms with Gasteiger partial charge in [-0.2, -0.15) is 10.1 Å². The molecule has 2 aromatic heterocycles. The number of hydrazone groups is 1. The van der Waals surface area contributed by atoms with Gasteiger partial charge in [-0.1, -0.05) is 41.9 Å². The summed E-state index contributed by atoms with van der Waals surface area (Å²) in [5.74, 6) is 0.838. The van der Waals surface area contributed by atoms with Crippen LogP contribution in [0.3, 0.4) is 0 Å². The molecular formula is C23H23ClN6O4. The molecule has 4 aromatic rings. The van der Waals surface area contributed by atoms with Crippen molar-refractivity contribution < 1.29 is 9.84 Å². The van der Waals surface area contributed by atoms with Crippen LogP contribution in [0.1, 0.15) is 11.1 Å². The fourth-order valence-corrected chi connectivity index (χ4v) is 3.50. The number of halogens is 1. The monoisotopic (exact) mass is 482 g/mol. The van der Waals surface area contributed by atoms with E-state index in [2.05, 4.69) is 20.5 Å². The van der Waals surface area contributed by atoms with Gasteiger partial charge in [0.05, 0.1) is 12.8 Å². The first-order valence-corrected chi connectivity index (χ1v) is 10.8. The van der Waals surface area contributed by atoms with E-state index >= 15 is 0 Å². The largest absolute Gasteiger partial charge is 0.491 e. The Balaban J connectivity index is 1.62. The second-order valence-corrected chi connectivity index (χ2v) is 8.12. The Morgan fingerprint density at radius 2 is 1.97 bits per heavy atom. The van der Waals surface area contributed by atoms with Gasteiger partial charge in [0.25, 0.3) is 5.56 Å². The van der Waals surface area contributed by atoms with Crippen LogP contribution >= 0.6 is 11.6 Å². The molecule has 0 unspecified atom stereocenters. The number of aliphatic hydroxyl groups excluding tert-OH is 1. The summed E-state index contributed by atoms with van der Waals surface area (Å²) in [6.07, 6.45) is 0.579. The van der Waals surface area contributed by atoms with Gasteiger partial charge < -0.3 is 14.4 Å². The summed E-state index contributed by atoms with van der Waals surface area (Å²) >= 11 is 5.90. The number of hydrogen-bond acceptors (Lipinski definition) is 7. The molecule has 4 rings (SSSR count). The van der Waals surface area contributed by atoms with Crippen LogP contribution < -0.4 is 21.4 Å². The maximum absolute atomic E-state index is 12.6. The van der Waals surface area contributed by atoms with Crippen molar-refractivity contribution in [2.75, 3.05) is 12.0 Å². The Bertz CT molecular complexity index is 1460. The third-order valence-electron chi connectivity index (χ3n) is 5.17. The highest BCUT2D eigenvalue weighted by atomic mass is 35.5. The Kier molecular flexibility index (Phi) is 6.80. The van der Waals surface area contributed by atoms with Gasteiger partial charge in [-0.3, -0.25) is 14.3 Å². The highest BCUT2D eigenvalue weighted by Crippen LogP contribution is 2.19. The zero-order valence-electron chi connectivity index (χ0n) is 18.5. The fraction of sp³-hybridized carbons (Fsp3) is 0.217. The number of aromatic amines is 1. The maximum atomic E-state index is 12.6. The molecule has 3 N–H and O–H groups in total. The minimum absolute atomic E-state index is 0.0122. The van der Waals surface area contributed by atoms with Crippen molar-refractivity contribution in [2.45, 2.75) is 19.6 Å². The molecule has 0 aliphatic carbocycles. The molecule has 0 spiro atoms. The molecule has 176 valence electrons. The van der Waals surface area contributed by atoms with E-state index in [1.807, 2.05) is 31.2 Å². The second-order valence-electron chi connectivity index (χ2n) is 7.69. The average Bonchev–Trinajstić information content (AvgIpc) is 3.17. The van der Waals surface area contributed by atoms with E-state index in [1.165, 1.54) is 16.2 Å². The summed E-state index contributed by atoms with van der Waals surface area (Å²) in [5.41, 5.74) is 3.59. The molecule has 0 radical (unpaired) electrons. The van der Waals surface area contributed by atoms with Gasteiger partial charge in [0, 0.05) is 12.1 Å². The van der Waals surface area contributed by atoms with Crippen molar-refractivity contribution >= 4 is 34.9 Å². The van der Waals surface area contributed by atoms with Gasteiger partial charge in [0.1, 0.15) is 18.5 Å². The molecule has 2 aromatic carbocycles. The molecule has 0 aliphatic rings. The van der Waals surface area contributed by atoms with Gasteiger partial charge in [-0.05, 0) is 36.2 Å². The van der Waals surface area contributed by atoms with Crippen molar-refractivity contribution in [1.82, 2.24) is 19.1 Å². The van der Waals surface area contributed by atoms with Crippen LogP contribution in [0, 0.1) is 6.92 Å². The van der Waals surface area contributed by atoms with Crippen LogP contribution in [-0.4, -0.2) is 43.1 Å². The molecular weight excluding hydrogens is 460 g/mol. The molecule has 0 fully saturated rings. The highest BCUT2D eigenvalue weighted by molar-refractivity contribution is 6.30. The number of para-hydroxylation sites is 1. The van der Waals surface area contributed by atoms with Crippen molar-refractivity contribution in [3.05, 3.63) is 85.5 Å². The normalized spacial score (nSPS) is 12.4. The van der Waals surface area contributed by atoms with Crippen molar-refractivity contribution in [3.8, 4) is 5.75 Å². The molecule has 0 amide bonds. The number of ether oxygens (including phenoxy) is 1. The first kappa shape index (κ1) is 23.3. The van der Waals surface area contributed by atoms with E-state index in [0.29, 0.717) is 10.8 Å². The van der Waals surface area contributed by atoms with Crippen LogP contribution in [0.25, 0.3) is 11.2 Å². The summed E-state index contributed by atoms with van der Waals surface area (Å²) < 4.78 is 8.43. The molecule has 34 heavy (non-hydrogen) atoms. The minimum Gasteiger partial charge on any atom is -0.491 e. The second kappa shape index (κ2) is 9.94. The number of nitrogens with zero attached hydrogens (tertiary/aromatic N) is 4. The SMILES string of the molecule is Cc1ccccc1OC[C@@H](O)Cn1c(N/N=C\c2ccc(Cl)cc2)nc2c1c(=O)[nH]c(=O)n2C. The predicted octanol–water partition coefficient (Wildman–Crippen LogP) is 2.27. The van der Waals surface area contributed by atoms with E-state index in [9.17, 15) is 14.7 Å². The number of aliphatic hydroxyl groups is 1. The highest BCUT2D eigenvalue weighted by Gasteiger charge is 2.20. The standard InChI is InChI=1S/C23H23ClN6O4/c1-14-5-3-4-6-18(14)34-13-17(31)12-30-19-20(29(2)23(33)27-21(19)32)26-22(30)28-25-11-15-7-9-16(24)10-8-15/h3-11,17,31H,12-13H2,1-2H3,(H,26,28)(H,27,32,33)/b25-11-/t17-/m0/s1.